The molecule has 2 aromatic rings. The fourth-order valence-corrected chi connectivity index (χ4v) is 3.55. The molecular weight excluding hydrogens is 316 g/mol. The van der Waals surface area contributed by atoms with Crippen LogP contribution >= 0.6 is 0 Å². The minimum atomic E-state index is -0.179. The Hall–Kier alpha value is -2.30. The average Bonchev–Trinajstić information content (AvgIpc) is 2.64. The zero-order valence-corrected chi connectivity index (χ0v) is 14.8. The predicted molar refractivity (Wildman–Crippen MR) is 98.9 cm³/mol. The molecule has 134 valence electrons. The molecule has 1 N–H and O–H groups in total. The second-order valence-corrected chi connectivity index (χ2v) is 6.79. The van der Waals surface area contributed by atoms with Crippen molar-refractivity contribution in [3.63, 3.8) is 0 Å². The van der Waals surface area contributed by atoms with E-state index in [2.05, 4.69) is 4.98 Å². The van der Waals surface area contributed by atoms with Gasteiger partial charge >= 0.3 is 0 Å². The highest BCUT2D eigenvalue weighted by atomic mass is 16.5. The Balaban J connectivity index is 1.51. The first-order chi connectivity index (χ1) is 12.1. The van der Waals surface area contributed by atoms with Crippen LogP contribution in [-0.2, 0) is 4.79 Å². The van der Waals surface area contributed by atoms with Crippen molar-refractivity contribution in [2.75, 3.05) is 13.7 Å². The number of rotatable bonds is 6. The Morgan fingerprint density at radius 2 is 2.00 bits per heavy atom. The van der Waals surface area contributed by atoms with Gasteiger partial charge in [0.05, 0.1) is 12.1 Å². The molecule has 1 heterocycles. The quantitative estimate of drug-likeness (QED) is 0.818. The maximum Gasteiger partial charge on any atom is 0.252 e. The molecule has 1 fully saturated rings. The number of nitrogens with zero attached hydrogens (tertiary/aromatic N) is 1. The third-order valence-electron chi connectivity index (χ3n) is 5.02. The number of ether oxygens (including phenoxy) is 1. The lowest BCUT2D eigenvalue weighted by atomic mass is 9.94. The summed E-state index contributed by atoms with van der Waals surface area (Å²) in [4.78, 5) is 28.8. The van der Waals surface area contributed by atoms with Crippen molar-refractivity contribution in [1.82, 2.24) is 9.88 Å². The maximum atomic E-state index is 12.3. The van der Waals surface area contributed by atoms with Gasteiger partial charge in [0.1, 0.15) is 5.75 Å². The van der Waals surface area contributed by atoms with E-state index in [-0.39, 0.29) is 11.5 Å². The normalized spacial score (nSPS) is 15.2. The first-order valence-corrected chi connectivity index (χ1v) is 9.15. The lowest BCUT2D eigenvalue weighted by Crippen LogP contribution is -2.38. The van der Waals surface area contributed by atoms with E-state index >= 15 is 0 Å². The molecule has 25 heavy (non-hydrogen) atoms. The number of aromatic nitrogens is 1. The summed E-state index contributed by atoms with van der Waals surface area (Å²) in [7, 11) is 1.92. The standard InChI is InChI=1S/C20H26N2O3/c1-22(15-8-3-2-4-9-15)20(24)12-7-13-25-18-14-19(23)21-17-11-6-5-10-16(17)18/h5-6,10-11,14-15H,2-4,7-9,12-13H2,1H3,(H,21,23). The third-order valence-corrected chi connectivity index (χ3v) is 5.02. The number of nitrogens with one attached hydrogen (secondary N) is 1. The Kier molecular flexibility index (Phi) is 5.74. The monoisotopic (exact) mass is 342 g/mol. The van der Waals surface area contributed by atoms with Gasteiger partial charge in [-0.1, -0.05) is 31.4 Å². The minimum Gasteiger partial charge on any atom is -0.493 e. The summed E-state index contributed by atoms with van der Waals surface area (Å²) < 4.78 is 5.78. The van der Waals surface area contributed by atoms with Crippen LogP contribution in [0.5, 0.6) is 5.75 Å². The van der Waals surface area contributed by atoms with Crippen LogP contribution in [0.1, 0.15) is 44.9 Å². The van der Waals surface area contributed by atoms with E-state index in [1.807, 2.05) is 36.2 Å². The summed E-state index contributed by atoms with van der Waals surface area (Å²) in [6, 6.07) is 9.43. The summed E-state index contributed by atoms with van der Waals surface area (Å²) in [6.45, 7) is 0.428. The van der Waals surface area contributed by atoms with Gasteiger partial charge in [0, 0.05) is 31.0 Å². The number of benzene rings is 1. The number of carbonyl (C=O) groups is 1. The van der Waals surface area contributed by atoms with Gasteiger partial charge in [-0.25, -0.2) is 0 Å². The van der Waals surface area contributed by atoms with Crippen molar-refractivity contribution in [3.05, 3.63) is 40.7 Å². The van der Waals surface area contributed by atoms with Crippen molar-refractivity contribution >= 4 is 16.8 Å². The number of amides is 1. The smallest absolute Gasteiger partial charge is 0.252 e. The Labute approximate surface area is 148 Å². The fraction of sp³-hybridized carbons (Fsp3) is 0.500. The van der Waals surface area contributed by atoms with E-state index in [0.29, 0.717) is 31.2 Å². The molecule has 3 rings (SSSR count). The van der Waals surface area contributed by atoms with E-state index in [1.165, 1.54) is 25.3 Å². The van der Waals surface area contributed by atoms with E-state index < -0.39 is 0 Å². The average molecular weight is 342 g/mol. The highest BCUT2D eigenvalue weighted by Crippen LogP contribution is 2.23. The molecule has 0 bridgehead atoms. The number of aromatic amines is 1. The first kappa shape index (κ1) is 17.5. The van der Waals surface area contributed by atoms with Crippen LogP contribution in [0.2, 0.25) is 0 Å². The number of carbonyl (C=O) groups excluding carboxylic acids is 1. The summed E-state index contributed by atoms with van der Waals surface area (Å²) in [5, 5.41) is 0.882. The third kappa shape index (κ3) is 4.41. The van der Waals surface area contributed by atoms with Crippen LogP contribution in [-0.4, -0.2) is 35.5 Å². The molecule has 1 aromatic heterocycles. The predicted octanol–water partition coefficient (Wildman–Crippen LogP) is 3.48. The van der Waals surface area contributed by atoms with Crippen LogP contribution in [0.15, 0.2) is 35.1 Å². The van der Waals surface area contributed by atoms with Gasteiger partial charge < -0.3 is 14.6 Å². The number of H-pyrrole nitrogens is 1. The molecule has 1 aliphatic carbocycles. The van der Waals surface area contributed by atoms with E-state index in [9.17, 15) is 9.59 Å². The molecule has 0 spiro atoms. The lowest BCUT2D eigenvalue weighted by Gasteiger charge is -2.31. The molecule has 1 aliphatic rings. The molecule has 5 nitrogen and oxygen atoms in total. The lowest BCUT2D eigenvalue weighted by molar-refractivity contribution is -0.132. The molecule has 1 aromatic carbocycles. The first-order valence-electron chi connectivity index (χ1n) is 9.15. The summed E-state index contributed by atoms with van der Waals surface area (Å²) in [6.07, 6.45) is 7.11. The van der Waals surface area contributed by atoms with Crippen molar-refractivity contribution in [1.29, 1.82) is 0 Å². The Morgan fingerprint density at radius 1 is 1.24 bits per heavy atom. The molecule has 0 unspecified atom stereocenters. The number of fused-ring (bicyclic) bond motifs is 1. The second kappa shape index (κ2) is 8.19. The topological polar surface area (TPSA) is 62.4 Å². The van der Waals surface area contributed by atoms with Gasteiger partial charge in [-0.15, -0.1) is 0 Å². The summed E-state index contributed by atoms with van der Waals surface area (Å²) in [5.74, 6) is 0.763. The summed E-state index contributed by atoms with van der Waals surface area (Å²) >= 11 is 0. The Bertz CT molecular complexity index is 778. The SMILES string of the molecule is CN(C(=O)CCCOc1cc(=O)[nH]c2ccccc12)C1CCCCC1. The number of pyridine rings is 1. The van der Waals surface area contributed by atoms with Crippen LogP contribution < -0.4 is 10.3 Å². The van der Waals surface area contributed by atoms with Crippen LogP contribution in [0.25, 0.3) is 10.9 Å². The zero-order valence-electron chi connectivity index (χ0n) is 14.8. The van der Waals surface area contributed by atoms with Gasteiger partial charge in [-0.2, -0.15) is 0 Å². The van der Waals surface area contributed by atoms with Gasteiger partial charge in [0.25, 0.3) is 5.56 Å². The molecule has 1 amide bonds. The van der Waals surface area contributed by atoms with Gasteiger partial charge in [0.15, 0.2) is 0 Å². The molecule has 1 saturated carbocycles. The van der Waals surface area contributed by atoms with Crippen molar-refractivity contribution in [2.45, 2.75) is 51.0 Å². The highest BCUT2D eigenvalue weighted by Gasteiger charge is 2.21. The van der Waals surface area contributed by atoms with Crippen LogP contribution in [0.3, 0.4) is 0 Å². The number of hydrogen-bond donors (Lipinski definition) is 1. The van der Waals surface area contributed by atoms with E-state index in [1.54, 1.807) is 0 Å². The van der Waals surface area contributed by atoms with Crippen molar-refractivity contribution < 1.29 is 9.53 Å². The maximum absolute atomic E-state index is 12.3. The molecular formula is C20H26N2O3. The van der Waals surface area contributed by atoms with Crippen LogP contribution in [0, 0.1) is 0 Å². The zero-order chi connectivity index (χ0) is 17.6. The van der Waals surface area contributed by atoms with E-state index in [4.69, 9.17) is 4.74 Å². The number of hydrogen-bond acceptors (Lipinski definition) is 3. The van der Waals surface area contributed by atoms with Gasteiger partial charge in [-0.05, 0) is 31.4 Å². The molecule has 0 aliphatic heterocycles. The van der Waals surface area contributed by atoms with Gasteiger partial charge in [-0.3, -0.25) is 9.59 Å². The number of para-hydroxylation sites is 1. The minimum absolute atomic E-state index is 0.179. The van der Waals surface area contributed by atoms with E-state index in [0.717, 1.165) is 23.7 Å². The van der Waals surface area contributed by atoms with Crippen molar-refractivity contribution in [2.24, 2.45) is 0 Å². The Morgan fingerprint density at radius 3 is 2.80 bits per heavy atom. The van der Waals surface area contributed by atoms with Gasteiger partial charge in [0.2, 0.25) is 5.91 Å². The highest BCUT2D eigenvalue weighted by molar-refractivity contribution is 5.84. The summed E-state index contributed by atoms with van der Waals surface area (Å²) in [5.41, 5.74) is 0.583. The molecule has 0 radical (unpaired) electrons. The molecule has 0 atom stereocenters. The van der Waals surface area contributed by atoms with Crippen LogP contribution in [0.4, 0.5) is 0 Å². The van der Waals surface area contributed by atoms with Crippen molar-refractivity contribution in [3.8, 4) is 5.75 Å². The fourth-order valence-electron chi connectivity index (χ4n) is 3.55. The second-order valence-electron chi connectivity index (χ2n) is 6.79. The molecule has 0 saturated heterocycles. The largest absolute Gasteiger partial charge is 0.493 e. The molecule has 5 heteroatoms.